The second kappa shape index (κ2) is 8.94. The average Bonchev–Trinajstić information content (AvgIpc) is 2.61. The molecule has 2 aromatic rings. The molecule has 3 N–H and O–H groups in total. The molecule has 0 bridgehead atoms. The molecule has 0 aliphatic heterocycles. The number of nitrogens with zero attached hydrogens (tertiary/aromatic N) is 2. The van der Waals surface area contributed by atoms with Gasteiger partial charge < -0.3 is 15.2 Å². The third-order valence-corrected chi connectivity index (χ3v) is 4.70. The number of aliphatic carboxylic acids is 1. The summed E-state index contributed by atoms with van der Waals surface area (Å²) < 4.78 is 32.0. The Kier molecular flexibility index (Phi) is 6.66. The van der Waals surface area contributed by atoms with E-state index in [0.29, 0.717) is 5.69 Å². The fourth-order valence-corrected chi connectivity index (χ4v) is 3.04. The van der Waals surface area contributed by atoms with Gasteiger partial charge in [0.2, 0.25) is 11.8 Å². The molecule has 0 saturated carbocycles. The van der Waals surface area contributed by atoms with E-state index in [4.69, 9.17) is 9.84 Å². The first-order valence-electron chi connectivity index (χ1n) is 7.81. The number of hydrogen-bond acceptors (Lipinski definition) is 7. The summed E-state index contributed by atoms with van der Waals surface area (Å²) in [5.41, 5.74) is 0.401. The molecule has 144 valence electrons. The van der Waals surface area contributed by atoms with Crippen LogP contribution < -0.4 is 14.8 Å². The van der Waals surface area contributed by atoms with E-state index < -0.39 is 16.0 Å². The Hall–Kier alpha value is -3.21. The molecule has 27 heavy (non-hydrogen) atoms. The predicted molar refractivity (Wildman–Crippen MR) is 96.0 cm³/mol. The maximum Gasteiger partial charge on any atom is 0.303 e. The van der Waals surface area contributed by atoms with Crippen LogP contribution in [0.4, 0.5) is 11.5 Å². The Balaban J connectivity index is 2.00. The molecule has 0 radical (unpaired) electrons. The van der Waals surface area contributed by atoms with Gasteiger partial charge in [0.1, 0.15) is 12.1 Å². The normalized spacial score (nSPS) is 10.9. The number of nitrogens with one attached hydrogen (secondary N) is 2. The number of aromatic nitrogens is 2. The van der Waals surface area contributed by atoms with Gasteiger partial charge in [0.15, 0.2) is 0 Å². The number of carboxylic acids is 1. The summed E-state index contributed by atoms with van der Waals surface area (Å²) in [6, 6.07) is 6.86. The molecule has 10 nitrogen and oxygen atoms in total. The molecular weight excluding hydrogens is 376 g/mol. The minimum atomic E-state index is -3.88. The van der Waals surface area contributed by atoms with Crippen LogP contribution in [0.3, 0.4) is 0 Å². The summed E-state index contributed by atoms with van der Waals surface area (Å²) >= 11 is 0. The van der Waals surface area contributed by atoms with Crippen molar-refractivity contribution in [3.05, 3.63) is 36.7 Å². The third-order valence-electron chi connectivity index (χ3n) is 3.33. The van der Waals surface area contributed by atoms with Gasteiger partial charge in [-0.3, -0.25) is 14.3 Å². The lowest BCUT2D eigenvalue weighted by atomic mass is 10.2. The second-order valence-corrected chi connectivity index (χ2v) is 7.05. The lowest BCUT2D eigenvalue weighted by Crippen LogP contribution is -2.15. The Bertz CT molecular complexity index is 915. The highest BCUT2D eigenvalue weighted by Gasteiger charge is 2.15. The maximum atomic E-state index is 12.4. The van der Waals surface area contributed by atoms with Gasteiger partial charge in [-0.25, -0.2) is 18.4 Å². The highest BCUT2D eigenvalue weighted by molar-refractivity contribution is 7.92. The molecule has 11 heteroatoms. The minimum absolute atomic E-state index is 0.0241. The number of hydrogen-bond donors (Lipinski definition) is 3. The van der Waals surface area contributed by atoms with Crippen LogP contribution in [0.1, 0.15) is 19.3 Å². The molecule has 0 aliphatic carbocycles. The molecule has 0 fully saturated rings. The Morgan fingerprint density at radius 2 is 1.85 bits per heavy atom. The molecular formula is C16H18N4O6S. The molecule has 1 amide bonds. The van der Waals surface area contributed by atoms with Gasteiger partial charge >= 0.3 is 5.97 Å². The predicted octanol–water partition coefficient (Wildman–Crippen LogP) is 1.48. The zero-order valence-electron chi connectivity index (χ0n) is 14.4. The second-order valence-electron chi connectivity index (χ2n) is 5.37. The summed E-state index contributed by atoms with van der Waals surface area (Å²) in [7, 11) is -2.48. The fraction of sp³-hybridized carbons (Fsp3) is 0.250. The van der Waals surface area contributed by atoms with Crippen molar-refractivity contribution in [1.29, 1.82) is 0 Å². The van der Waals surface area contributed by atoms with Crippen molar-refractivity contribution in [2.24, 2.45) is 0 Å². The van der Waals surface area contributed by atoms with Crippen molar-refractivity contribution in [2.45, 2.75) is 24.2 Å². The molecule has 0 spiro atoms. The van der Waals surface area contributed by atoms with E-state index in [-0.39, 0.29) is 41.8 Å². The Morgan fingerprint density at radius 1 is 1.15 bits per heavy atom. The number of amides is 1. The summed E-state index contributed by atoms with van der Waals surface area (Å²) in [6.45, 7) is 0. The molecule has 0 aliphatic rings. The van der Waals surface area contributed by atoms with E-state index >= 15 is 0 Å². The van der Waals surface area contributed by atoms with Crippen LogP contribution in [0.2, 0.25) is 0 Å². The lowest BCUT2D eigenvalue weighted by Gasteiger charge is -2.09. The molecule has 0 unspecified atom stereocenters. The monoisotopic (exact) mass is 394 g/mol. The molecule has 0 saturated heterocycles. The van der Waals surface area contributed by atoms with Crippen LogP contribution in [0.5, 0.6) is 5.88 Å². The average molecular weight is 394 g/mol. The number of benzene rings is 1. The number of carbonyl (C=O) groups is 2. The van der Waals surface area contributed by atoms with Gasteiger partial charge in [0.25, 0.3) is 10.0 Å². The van der Waals surface area contributed by atoms with Crippen LogP contribution in [0.25, 0.3) is 0 Å². The van der Waals surface area contributed by atoms with Crippen LogP contribution in [0, 0.1) is 0 Å². The van der Waals surface area contributed by atoms with Crippen molar-refractivity contribution < 1.29 is 27.9 Å². The molecule has 0 atom stereocenters. The highest BCUT2D eigenvalue weighted by atomic mass is 32.2. The van der Waals surface area contributed by atoms with Crippen molar-refractivity contribution in [3.8, 4) is 5.88 Å². The van der Waals surface area contributed by atoms with Crippen molar-refractivity contribution in [3.63, 3.8) is 0 Å². The summed E-state index contributed by atoms with van der Waals surface area (Å²) in [4.78, 5) is 29.7. The number of anilines is 2. The summed E-state index contributed by atoms with van der Waals surface area (Å²) in [6.07, 6.45) is 1.35. The third kappa shape index (κ3) is 6.22. The Morgan fingerprint density at radius 3 is 2.48 bits per heavy atom. The van der Waals surface area contributed by atoms with Gasteiger partial charge in [-0.05, 0) is 30.7 Å². The largest absolute Gasteiger partial charge is 0.481 e. The number of carbonyl (C=O) groups excluding carboxylic acids is 1. The highest BCUT2D eigenvalue weighted by Crippen LogP contribution is 2.19. The smallest absolute Gasteiger partial charge is 0.303 e. The number of carboxylic acid groups (broad SMARTS) is 1. The summed E-state index contributed by atoms with van der Waals surface area (Å²) in [5.74, 6) is -1.05. The maximum absolute atomic E-state index is 12.4. The van der Waals surface area contributed by atoms with E-state index in [0.717, 1.165) is 0 Å². The standard InChI is InChI=1S/C16H18N4O6S/c1-26-15-9-13(17-10-18-15)20-27(24,25)12-7-5-11(6-8-12)19-14(21)3-2-4-16(22)23/h5-10H,2-4H2,1H3,(H,19,21)(H,22,23)(H,17,18,20). The first kappa shape index (κ1) is 20.1. The number of sulfonamides is 1. The number of ether oxygens (including phenoxy) is 1. The number of methoxy groups -OCH3 is 1. The van der Waals surface area contributed by atoms with Gasteiger partial charge in [-0.2, -0.15) is 0 Å². The van der Waals surface area contributed by atoms with Crippen molar-refractivity contribution in [1.82, 2.24) is 9.97 Å². The zero-order chi connectivity index (χ0) is 19.9. The topological polar surface area (TPSA) is 148 Å². The lowest BCUT2D eigenvalue weighted by molar-refractivity contribution is -0.137. The molecule has 1 aromatic carbocycles. The Labute approximate surface area is 155 Å². The quantitative estimate of drug-likeness (QED) is 0.579. The van der Waals surface area contributed by atoms with Crippen LogP contribution in [0.15, 0.2) is 41.6 Å². The molecule has 1 heterocycles. The first-order chi connectivity index (χ1) is 12.8. The van der Waals surface area contributed by atoms with E-state index in [1.54, 1.807) is 0 Å². The number of rotatable bonds is 9. The fourth-order valence-electron chi connectivity index (χ4n) is 2.04. The van der Waals surface area contributed by atoms with Gasteiger partial charge in [0, 0.05) is 24.6 Å². The van der Waals surface area contributed by atoms with Crippen LogP contribution in [-0.4, -0.2) is 42.5 Å². The van der Waals surface area contributed by atoms with E-state index in [1.807, 2.05) is 0 Å². The van der Waals surface area contributed by atoms with Gasteiger partial charge in [-0.15, -0.1) is 0 Å². The minimum Gasteiger partial charge on any atom is -0.481 e. The molecule has 1 aromatic heterocycles. The van der Waals surface area contributed by atoms with E-state index in [9.17, 15) is 18.0 Å². The summed E-state index contributed by atoms with van der Waals surface area (Å²) in [5, 5.41) is 11.1. The van der Waals surface area contributed by atoms with Crippen molar-refractivity contribution in [2.75, 3.05) is 17.1 Å². The van der Waals surface area contributed by atoms with Crippen LogP contribution in [-0.2, 0) is 19.6 Å². The van der Waals surface area contributed by atoms with Crippen LogP contribution >= 0.6 is 0 Å². The van der Waals surface area contributed by atoms with E-state index in [1.165, 1.54) is 43.8 Å². The first-order valence-corrected chi connectivity index (χ1v) is 9.29. The van der Waals surface area contributed by atoms with Crippen molar-refractivity contribution >= 4 is 33.4 Å². The van der Waals surface area contributed by atoms with E-state index in [2.05, 4.69) is 20.0 Å². The molecule has 2 rings (SSSR count). The SMILES string of the molecule is COc1cc(NS(=O)(=O)c2ccc(NC(=O)CCCC(=O)O)cc2)ncn1. The van der Waals surface area contributed by atoms with Gasteiger partial charge in [-0.1, -0.05) is 0 Å². The zero-order valence-corrected chi connectivity index (χ0v) is 15.2. The van der Waals surface area contributed by atoms with Gasteiger partial charge in [0.05, 0.1) is 12.0 Å².